The number of carbonyl (C=O) groups excluding carboxylic acids is 1. The van der Waals surface area contributed by atoms with Crippen LogP contribution in [0.3, 0.4) is 0 Å². The standard InChI is InChI=1S/C15H15BrN2O2S/c1-8(14-5-10(16)7-21-14)17-11-3-4-13-12(6-11)18-15(19)9(2)20-13/h3-9,17H,1-2H3,(H,18,19). The average Bonchev–Trinajstić information content (AvgIpc) is 2.87. The van der Waals surface area contributed by atoms with Crippen molar-refractivity contribution in [3.8, 4) is 5.75 Å². The van der Waals surface area contributed by atoms with Gasteiger partial charge in [-0.3, -0.25) is 4.79 Å². The molecule has 0 aliphatic carbocycles. The van der Waals surface area contributed by atoms with Crippen molar-refractivity contribution in [1.29, 1.82) is 0 Å². The fourth-order valence-corrected chi connectivity index (χ4v) is 3.63. The minimum Gasteiger partial charge on any atom is -0.479 e. The van der Waals surface area contributed by atoms with Gasteiger partial charge in [0.2, 0.25) is 0 Å². The number of hydrogen-bond donors (Lipinski definition) is 2. The van der Waals surface area contributed by atoms with Crippen molar-refractivity contribution < 1.29 is 9.53 Å². The van der Waals surface area contributed by atoms with E-state index in [1.807, 2.05) is 18.2 Å². The van der Waals surface area contributed by atoms with Crippen LogP contribution in [0.15, 0.2) is 34.1 Å². The summed E-state index contributed by atoms with van der Waals surface area (Å²) in [6, 6.07) is 8.04. The van der Waals surface area contributed by atoms with Crippen LogP contribution >= 0.6 is 27.3 Å². The fraction of sp³-hybridized carbons (Fsp3) is 0.267. The van der Waals surface area contributed by atoms with Gasteiger partial charge in [0.25, 0.3) is 5.91 Å². The van der Waals surface area contributed by atoms with Crippen molar-refractivity contribution >= 4 is 44.5 Å². The van der Waals surface area contributed by atoms with Crippen LogP contribution in [0.5, 0.6) is 5.75 Å². The number of benzene rings is 1. The molecular formula is C15H15BrN2O2S. The molecule has 110 valence electrons. The quantitative estimate of drug-likeness (QED) is 0.845. The number of nitrogens with one attached hydrogen (secondary N) is 2. The van der Waals surface area contributed by atoms with E-state index in [2.05, 4.69) is 44.9 Å². The molecule has 0 radical (unpaired) electrons. The third-order valence-corrected chi connectivity index (χ3v) is 5.18. The summed E-state index contributed by atoms with van der Waals surface area (Å²) in [4.78, 5) is 12.9. The van der Waals surface area contributed by atoms with Gasteiger partial charge in [0.05, 0.1) is 11.7 Å². The van der Waals surface area contributed by atoms with Crippen LogP contribution in [-0.4, -0.2) is 12.0 Å². The van der Waals surface area contributed by atoms with Crippen LogP contribution in [0.25, 0.3) is 0 Å². The summed E-state index contributed by atoms with van der Waals surface area (Å²) in [5.74, 6) is 0.592. The van der Waals surface area contributed by atoms with E-state index < -0.39 is 6.10 Å². The first-order valence-electron chi connectivity index (χ1n) is 6.65. The Bertz CT molecular complexity index is 686. The largest absolute Gasteiger partial charge is 0.479 e. The summed E-state index contributed by atoms with van der Waals surface area (Å²) in [5, 5.41) is 8.35. The van der Waals surface area contributed by atoms with E-state index in [-0.39, 0.29) is 11.9 Å². The maximum absolute atomic E-state index is 11.7. The maximum atomic E-state index is 11.7. The van der Waals surface area contributed by atoms with Gasteiger partial charge < -0.3 is 15.4 Å². The minimum atomic E-state index is -0.446. The zero-order chi connectivity index (χ0) is 15.0. The average molecular weight is 367 g/mol. The highest BCUT2D eigenvalue weighted by atomic mass is 79.9. The maximum Gasteiger partial charge on any atom is 0.265 e. The fourth-order valence-electron chi connectivity index (χ4n) is 2.18. The topological polar surface area (TPSA) is 50.4 Å². The van der Waals surface area contributed by atoms with Crippen molar-refractivity contribution in [2.24, 2.45) is 0 Å². The Morgan fingerprint density at radius 1 is 1.43 bits per heavy atom. The molecule has 2 N–H and O–H groups in total. The van der Waals surface area contributed by atoms with Gasteiger partial charge in [-0.05, 0) is 54.0 Å². The lowest BCUT2D eigenvalue weighted by molar-refractivity contribution is -0.122. The number of hydrogen-bond acceptors (Lipinski definition) is 4. The molecule has 1 aromatic heterocycles. The predicted octanol–water partition coefficient (Wildman–Crippen LogP) is 4.40. The zero-order valence-electron chi connectivity index (χ0n) is 11.6. The van der Waals surface area contributed by atoms with Crippen molar-refractivity contribution in [3.63, 3.8) is 0 Å². The number of amides is 1. The molecular weight excluding hydrogens is 352 g/mol. The van der Waals surface area contributed by atoms with Crippen molar-refractivity contribution in [3.05, 3.63) is 39.0 Å². The number of halogens is 1. The summed E-state index contributed by atoms with van der Waals surface area (Å²) in [7, 11) is 0. The van der Waals surface area contributed by atoms with Crippen molar-refractivity contribution in [1.82, 2.24) is 0 Å². The molecule has 1 aromatic carbocycles. The smallest absolute Gasteiger partial charge is 0.265 e. The Labute approximate surface area is 135 Å². The lowest BCUT2D eigenvalue weighted by Gasteiger charge is -2.24. The van der Waals surface area contributed by atoms with E-state index in [1.165, 1.54) is 4.88 Å². The van der Waals surface area contributed by atoms with E-state index in [9.17, 15) is 4.79 Å². The molecule has 2 atom stereocenters. The molecule has 0 saturated heterocycles. The van der Waals surface area contributed by atoms with Crippen LogP contribution in [-0.2, 0) is 4.79 Å². The lowest BCUT2D eigenvalue weighted by Crippen LogP contribution is -2.34. The van der Waals surface area contributed by atoms with Gasteiger partial charge in [-0.2, -0.15) is 0 Å². The normalized spacial score (nSPS) is 18.4. The molecule has 3 rings (SSSR count). The number of anilines is 2. The molecule has 2 heterocycles. The molecule has 2 unspecified atom stereocenters. The molecule has 0 bridgehead atoms. The molecule has 0 saturated carbocycles. The lowest BCUT2D eigenvalue weighted by atomic mass is 10.2. The molecule has 21 heavy (non-hydrogen) atoms. The molecule has 1 aliphatic heterocycles. The molecule has 0 fully saturated rings. The SMILES string of the molecule is CC1Oc2ccc(NC(C)c3cc(Br)cs3)cc2NC1=O. The van der Waals surface area contributed by atoms with E-state index in [0.717, 1.165) is 10.2 Å². The second kappa shape index (κ2) is 5.69. The second-order valence-corrected chi connectivity index (χ2v) is 6.85. The summed E-state index contributed by atoms with van der Waals surface area (Å²) in [6.07, 6.45) is -0.446. The predicted molar refractivity (Wildman–Crippen MR) is 89.2 cm³/mol. The first kappa shape index (κ1) is 14.4. The van der Waals surface area contributed by atoms with Crippen LogP contribution in [0.2, 0.25) is 0 Å². The van der Waals surface area contributed by atoms with Gasteiger partial charge in [0, 0.05) is 20.4 Å². The number of carbonyl (C=O) groups is 1. The summed E-state index contributed by atoms with van der Waals surface area (Å²) < 4.78 is 6.64. The highest BCUT2D eigenvalue weighted by Crippen LogP contribution is 2.34. The Morgan fingerprint density at radius 3 is 2.95 bits per heavy atom. The van der Waals surface area contributed by atoms with E-state index in [0.29, 0.717) is 11.4 Å². The third-order valence-electron chi connectivity index (χ3n) is 3.31. The number of thiophene rings is 1. The van der Waals surface area contributed by atoms with Crippen LogP contribution < -0.4 is 15.4 Å². The Kier molecular flexibility index (Phi) is 3.91. The van der Waals surface area contributed by atoms with Gasteiger partial charge in [0.15, 0.2) is 6.10 Å². The van der Waals surface area contributed by atoms with Gasteiger partial charge in [0.1, 0.15) is 5.75 Å². The minimum absolute atomic E-state index is 0.116. The number of fused-ring (bicyclic) bond motifs is 1. The van der Waals surface area contributed by atoms with Gasteiger partial charge >= 0.3 is 0 Å². The summed E-state index contributed by atoms with van der Waals surface area (Å²) >= 11 is 5.17. The molecule has 1 amide bonds. The Morgan fingerprint density at radius 2 is 2.24 bits per heavy atom. The highest BCUT2D eigenvalue weighted by Gasteiger charge is 2.23. The van der Waals surface area contributed by atoms with Gasteiger partial charge in [-0.1, -0.05) is 0 Å². The monoisotopic (exact) mass is 366 g/mol. The molecule has 1 aliphatic rings. The Hall–Kier alpha value is -1.53. The molecule has 6 heteroatoms. The first-order valence-corrected chi connectivity index (χ1v) is 8.32. The van der Waals surface area contributed by atoms with Crippen LogP contribution in [0.1, 0.15) is 24.8 Å². The summed E-state index contributed by atoms with van der Waals surface area (Å²) in [6.45, 7) is 3.84. The molecule has 4 nitrogen and oxygen atoms in total. The van der Waals surface area contributed by atoms with Gasteiger partial charge in [-0.25, -0.2) is 0 Å². The van der Waals surface area contributed by atoms with Gasteiger partial charge in [-0.15, -0.1) is 11.3 Å². The Balaban J connectivity index is 1.78. The zero-order valence-corrected chi connectivity index (χ0v) is 14.0. The van der Waals surface area contributed by atoms with Crippen molar-refractivity contribution in [2.45, 2.75) is 26.0 Å². The highest BCUT2D eigenvalue weighted by molar-refractivity contribution is 9.10. The second-order valence-electron chi connectivity index (χ2n) is 4.99. The van der Waals surface area contributed by atoms with E-state index in [1.54, 1.807) is 18.3 Å². The summed E-state index contributed by atoms with van der Waals surface area (Å²) in [5.41, 5.74) is 1.66. The number of ether oxygens (including phenoxy) is 1. The van der Waals surface area contributed by atoms with Crippen molar-refractivity contribution in [2.75, 3.05) is 10.6 Å². The van der Waals surface area contributed by atoms with E-state index >= 15 is 0 Å². The molecule has 0 spiro atoms. The van der Waals surface area contributed by atoms with E-state index in [4.69, 9.17) is 4.74 Å². The third kappa shape index (κ3) is 3.06. The molecule has 2 aromatic rings. The van der Waals surface area contributed by atoms with Crippen LogP contribution in [0, 0.1) is 0 Å². The first-order chi connectivity index (χ1) is 10.0. The van der Waals surface area contributed by atoms with Crippen LogP contribution in [0.4, 0.5) is 11.4 Å². The number of rotatable bonds is 3.